The molecule has 0 spiro atoms. The molecule has 0 bridgehead atoms. The summed E-state index contributed by atoms with van der Waals surface area (Å²) in [6.45, 7) is 2.14. The lowest BCUT2D eigenvalue weighted by Crippen LogP contribution is -2.69. The zero-order valence-corrected chi connectivity index (χ0v) is 23.2. The molecule has 1 saturated heterocycles. The molecule has 15 nitrogen and oxygen atoms in total. The van der Waals surface area contributed by atoms with Gasteiger partial charge in [-0.3, -0.25) is 4.79 Å². The van der Waals surface area contributed by atoms with E-state index in [9.17, 15) is 25.2 Å². The molecular formula is C25H48N6O9. The first-order valence-electron chi connectivity index (χ1n) is 13.8. The van der Waals surface area contributed by atoms with Gasteiger partial charge in [-0.2, -0.15) is 0 Å². The number of hydrogen-bond acceptors (Lipinski definition) is 14. The molecule has 2 heterocycles. The van der Waals surface area contributed by atoms with E-state index in [2.05, 4.69) is 16.0 Å². The normalized spacial score (nSPS) is 41.1. The van der Waals surface area contributed by atoms with Crippen LogP contribution in [0.4, 0.5) is 0 Å². The third-order valence-corrected chi connectivity index (χ3v) is 7.95. The molecule has 232 valence electrons. The Morgan fingerprint density at radius 3 is 2.65 bits per heavy atom. The second-order valence-corrected chi connectivity index (χ2v) is 11.1. The topological polar surface area (TPSA) is 260 Å². The average molecular weight is 577 g/mol. The van der Waals surface area contributed by atoms with Crippen LogP contribution in [0.1, 0.15) is 26.2 Å². The summed E-state index contributed by atoms with van der Waals surface area (Å²) < 4.78 is 18.0. The van der Waals surface area contributed by atoms with Gasteiger partial charge in [0, 0.05) is 24.5 Å². The van der Waals surface area contributed by atoms with Crippen molar-refractivity contribution in [3.63, 3.8) is 0 Å². The third-order valence-electron chi connectivity index (χ3n) is 7.95. The Morgan fingerprint density at radius 2 is 2.00 bits per heavy atom. The molecule has 2 fully saturated rings. The maximum atomic E-state index is 12.7. The predicted molar refractivity (Wildman–Crippen MR) is 143 cm³/mol. The van der Waals surface area contributed by atoms with Crippen LogP contribution in [-0.2, 0) is 19.0 Å². The SMILES string of the molecule is CN[C@@H]1[C@@H](O)[C@@H](O[C@H]2[C@H](NC(=O)[C@@H](O)CCN)C[C@H](N)C([C@H]3OC(CNCCO)=CC[C@H]3N)[C@@H]2O)OC[C@]1(C)O. The van der Waals surface area contributed by atoms with Crippen molar-refractivity contribution < 1.29 is 44.5 Å². The molecule has 14 N–H and O–H groups in total. The summed E-state index contributed by atoms with van der Waals surface area (Å²) in [6, 6.07) is -2.85. The number of nitrogens with two attached hydrogens (primary N) is 3. The van der Waals surface area contributed by atoms with Crippen LogP contribution in [0.15, 0.2) is 11.8 Å². The Kier molecular flexibility index (Phi) is 12.1. The molecule has 0 aromatic heterocycles. The van der Waals surface area contributed by atoms with Gasteiger partial charge in [-0.05, 0) is 45.9 Å². The van der Waals surface area contributed by atoms with E-state index in [1.165, 1.54) is 6.92 Å². The van der Waals surface area contributed by atoms with Gasteiger partial charge in [0.15, 0.2) is 6.29 Å². The highest BCUT2D eigenvalue weighted by atomic mass is 16.7. The number of likely N-dealkylation sites (N-methyl/N-ethyl adjacent to an activating group) is 1. The minimum atomic E-state index is -1.39. The lowest BCUT2D eigenvalue weighted by molar-refractivity contribution is -0.297. The average Bonchev–Trinajstić information content (AvgIpc) is 2.89. The van der Waals surface area contributed by atoms with Gasteiger partial charge in [0.05, 0.1) is 37.9 Å². The van der Waals surface area contributed by atoms with Crippen LogP contribution in [0.25, 0.3) is 0 Å². The summed E-state index contributed by atoms with van der Waals surface area (Å²) in [5.74, 6) is -0.830. The second-order valence-electron chi connectivity index (χ2n) is 11.1. The largest absolute Gasteiger partial charge is 0.492 e. The fourth-order valence-electron chi connectivity index (χ4n) is 5.82. The molecule has 0 radical (unpaired) electrons. The predicted octanol–water partition coefficient (Wildman–Crippen LogP) is -5.09. The van der Waals surface area contributed by atoms with Crippen LogP contribution in [0, 0.1) is 5.92 Å². The van der Waals surface area contributed by atoms with Crippen LogP contribution in [0.3, 0.4) is 0 Å². The van der Waals surface area contributed by atoms with Crippen molar-refractivity contribution in [3.8, 4) is 0 Å². The summed E-state index contributed by atoms with van der Waals surface area (Å²) in [7, 11) is 1.58. The summed E-state index contributed by atoms with van der Waals surface area (Å²) in [5.41, 5.74) is 17.1. The summed E-state index contributed by atoms with van der Waals surface area (Å²) >= 11 is 0. The standard InChI is InChI=1S/C25H48N6O9/c1-25(37)11-38-24(19(35)22(25)29-2)40-21-15(31-23(36)16(33)5-6-26)9-14(28)17(18(21)34)20-13(27)4-3-12(39-20)10-30-7-8-32/h3,13-22,24,29-30,32-35,37H,4-11,26-28H2,1-2H3,(H,31,36)/t13-,14+,15-,16+,17?,18+,19-,20+,21+,22-,24-,25+/m1/s1. The molecule has 0 aromatic rings. The molecular weight excluding hydrogens is 528 g/mol. The Bertz CT molecular complexity index is 852. The van der Waals surface area contributed by atoms with E-state index in [-0.39, 0.29) is 32.6 Å². The zero-order valence-electron chi connectivity index (χ0n) is 23.2. The molecule has 40 heavy (non-hydrogen) atoms. The van der Waals surface area contributed by atoms with E-state index in [0.717, 1.165) is 0 Å². The molecule has 15 heteroatoms. The van der Waals surface area contributed by atoms with E-state index < -0.39 is 78.4 Å². The van der Waals surface area contributed by atoms with Crippen LogP contribution < -0.4 is 33.2 Å². The number of ether oxygens (including phenoxy) is 3. The molecule has 1 aliphatic carbocycles. The Hall–Kier alpha value is -1.47. The molecule has 3 aliphatic rings. The van der Waals surface area contributed by atoms with Crippen LogP contribution >= 0.6 is 0 Å². The van der Waals surface area contributed by atoms with Crippen molar-refractivity contribution in [3.05, 3.63) is 11.8 Å². The molecule has 12 atom stereocenters. The minimum Gasteiger partial charge on any atom is -0.492 e. The summed E-state index contributed by atoms with van der Waals surface area (Å²) in [5, 5.41) is 61.1. The zero-order chi connectivity index (χ0) is 29.6. The van der Waals surface area contributed by atoms with Gasteiger partial charge in [0.1, 0.15) is 35.8 Å². The fourth-order valence-corrected chi connectivity index (χ4v) is 5.82. The van der Waals surface area contributed by atoms with Gasteiger partial charge in [0.2, 0.25) is 5.91 Å². The highest BCUT2D eigenvalue weighted by molar-refractivity contribution is 5.80. The van der Waals surface area contributed by atoms with Crippen LogP contribution in [-0.4, -0.2) is 138 Å². The van der Waals surface area contributed by atoms with Crippen molar-refractivity contribution in [2.75, 3.05) is 39.9 Å². The number of hydrogen-bond donors (Lipinski definition) is 11. The number of amides is 1. The number of carbonyl (C=O) groups is 1. The molecule has 1 amide bonds. The molecule has 3 rings (SSSR count). The van der Waals surface area contributed by atoms with Crippen molar-refractivity contribution >= 4 is 5.91 Å². The fraction of sp³-hybridized carbons (Fsp3) is 0.880. The summed E-state index contributed by atoms with van der Waals surface area (Å²) in [4.78, 5) is 12.7. The number of carbonyl (C=O) groups excluding carboxylic acids is 1. The van der Waals surface area contributed by atoms with Gasteiger partial charge >= 0.3 is 0 Å². The van der Waals surface area contributed by atoms with Crippen molar-refractivity contribution in [2.45, 2.75) is 92.8 Å². The van der Waals surface area contributed by atoms with Crippen molar-refractivity contribution in [2.24, 2.45) is 23.1 Å². The van der Waals surface area contributed by atoms with Gasteiger partial charge in [-0.15, -0.1) is 0 Å². The Morgan fingerprint density at radius 1 is 1.27 bits per heavy atom. The monoisotopic (exact) mass is 576 g/mol. The van der Waals surface area contributed by atoms with Gasteiger partial charge in [-0.1, -0.05) is 0 Å². The lowest BCUT2D eigenvalue weighted by Gasteiger charge is -2.50. The third kappa shape index (κ3) is 7.67. The number of nitrogens with one attached hydrogen (secondary N) is 3. The van der Waals surface area contributed by atoms with Crippen molar-refractivity contribution in [1.29, 1.82) is 0 Å². The van der Waals surface area contributed by atoms with Gasteiger partial charge in [0.25, 0.3) is 0 Å². The smallest absolute Gasteiger partial charge is 0.249 e. The molecule has 1 unspecified atom stereocenters. The lowest BCUT2D eigenvalue weighted by atomic mass is 9.72. The van der Waals surface area contributed by atoms with E-state index in [1.807, 2.05) is 6.08 Å². The Balaban J connectivity index is 1.85. The quantitative estimate of drug-likeness (QED) is 0.0972. The van der Waals surface area contributed by atoms with Crippen LogP contribution in [0.5, 0.6) is 0 Å². The first kappa shape index (κ1) is 33.0. The van der Waals surface area contributed by atoms with Gasteiger partial charge in [-0.25, -0.2) is 0 Å². The van der Waals surface area contributed by atoms with E-state index in [0.29, 0.717) is 25.3 Å². The number of rotatable bonds is 12. The Labute approximate surface area is 234 Å². The highest BCUT2D eigenvalue weighted by Crippen LogP contribution is 2.36. The minimum absolute atomic E-state index is 0.0343. The first-order chi connectivity index (χ1) is 18.9. The maximum Gasteiger partial charge on any atom is 0.249 e. The maximum absolute atomic E-state index is 12.7. The first-order valence-corrected chi connectivity index (χ1v) is 13.8. The second kappa shape index (κ2) is 14.6. The molecule has 1 saturated carbocycles. The number of aliphatic hydroxyl groups is 5. The van der Waals surface area contributed by atoms with Crippen molar-refractivity contribution in [1.82, 2.24) is 16.0 Å². The van der Waals surface area contributed by atoms with E-state index in [4.69, 9.17) is 36.5 Å². The number of aliphatic hydroxyl groups excluding tert-OH is 4. The molecule has 2 aliphatic heterocycles. The van der Waals surface area contributed by atoms with Gasteiger partial charge < -0.3 is 72.9 Å². The highest BCUT2D eigenvalue weighted by Gasteiger charge is 2.53. The summed E-state index contributed by atoms with van der Waals surface area (Å²) in [6.07, 6.45) is -4.64. The molecule has 0 aromatic carbocycles. The van der Waals surface area contributed by atoms with E-state index in [1.54, 1.807) is 7.05 Å². The van der Waals surface area contributed by atoms with E-state index >= 15 is 0 Å². The van der Waals surface area contributed by atoms with Crippen LogP contribution in [0.2, 0.25) is 0 Å².